The van der Waals surface area contributed by atoms with Crippen LogP contribution in [0.5, 0.6) is 0 Å². The molecule has 1 saturated heterocycles. The van der Waals surface area contributed by atoms with Gasteiger partial charge in [0.05, 0.1) is 4.90 Å². The lowest BCUT2D eigenvalue weighted by Gasteiger charge is -2.32. The summed E-state index contributed by atoms with van der Waals surface area (Å²) in [6.07, 6.45) is 1.60. The predicted octanol–water partition coefficient (Wildman–Crippen LogP) is 4.00. The molecule has 3 rings (SSSR count). The third-order valence-electron chi connectivity index (χ3n) is 4.77. The van der Waals surface area contributed by atoms with Gasteiger partial charge in [-0.15, -0.1) is 0 Å². The van der Waals surface area contributed by atoms with Gasteiger partial charge in [0.15, 0.2) is 0 Å². The molecular formula is C19H18F3NO3S. The molecule has 0 aliphatic carbocycles. The Hall–Kier alpha value is -2.35. The van der Waals surface area contributed by atoms with Crippen molar-refractivity contribution in [3.63, 3.8) is 0 Å². The van der Waals surface area contributed by atoms with E-state index >= 15 is 0 Å². The first-order chi connectivity index (χ1) is 12.7. The van der Waals surface area contributed by atoms with Crippen molar-refractivity contribution in [3.05, 3.63) is 65.7 Å². The summed E-state index contributed by atoms with van der Waals surface area (Å²) in [6.45, 7) is 1.09. The highest BCUT2D eigenvalue weighted by Gasteiger charge is 2.46. The molecule has 0 atom stereocenters. The Labute approximate surface area is 155 Å². The molecule has 0 N–H and O–H groups in total. The number of halogens is 3. The maximum absolute atomic E-state index is 12.6. The van der Waals surface area contributed by atoms with E-state index in [0.29, 0.717) is 19.0 Å². The van der Waals surface area contributed by atoms with Crippen LogP contribution in [-0.4, -0.2) is 37.8 Å². The third-order valence-corrected chi connectivity index (χ3v) is 6.27. The molecule has 0 saturated carbocycles. The van der Waals surface area contributed by atoms with Crippen LogP contribution in [0.15, 0.2) is 59.5 Å². The molecule has 2 aromatic rings. The second-order valence-electron chi connectivity index (χ2n) is 6.45. The van der Waals surface area contributed by atoms with Crippen LogP contribution in [0.2, 0.25) is 0 Å². The van der Waals surface area contributed by atoms with Crippen molar-refractivity contribution in [2.75, 3.05) is 13.1 Å². The van der Waals surface area contributed by atoms with Gasteiger partial charge in [-0.2, -0.15) is 13.2 Å². The van der Waals surface area contributed by atoms with Gasteiger partial charge in [0.2, 0.25) is 0 Å². The van der Waals surface area contributed by atoms with E-state index in [-0.39, 0.29) is 11.5 Å². The maximum Gasteiger partial charge on any atom is 0.501 e. The number of carbonyl (C=O) groups excluding carboxylic acids is 1. The molecule has 2 aromatic carbocycles. The quantitative estimate of drug-likeness (QED) is 0.787. The van der Waals surface area contributed by atoms with Gasteiger partial charge in [-0.1, -0.05) is 30.3 Å². The summed E-state index contributed by atoms with van der Waals surface area (Å²) >= 11 is 0. The molecule has 1 aliphatic heterocycles. The first-order valence-electron chi connectivity index (χ1n) is 8.46. The smallest absolute Gasteiger partial charge is 0.339 e. The van der Waals surface area contributed by atoms with Crippen molar-refractivity contribution in [1.82, 2.24) is 4.90 Å². The van der Waals surface area contributed by atoms with Gasteiger partial charge < -0.3 is 4.90 Å². The van der Waals surface area contributed by atoms with Crippen LogP contribution in [-0.2, 0) is 9.84 Å². The average Bonchev–Trinajstić information content (AvgIpc) is 2.67. The zero-order valence-corrected chi connectivity index (χ0v) is 15.1. The lowest BCUT2D eigenvalue weighted by Crippen LogP contribution is -2.37. The lowest BCUT2D eigenvalue weighted by atomic mass is 9.89. The molecule has 0 bridgehead atoms. The number of alkyl halides is 3. The van der Waals surface area contributed by atoms with Crippen molar-refractivity contribution in [1.29, 1.82) is 0 Å². The number of likely N-dealkylation sites (tertiary alicyclic amines) is 1. The summed E-state index contributed by atoms with van der Waals surface area (Å²) in [5, 5.41) is 0. The Kier molecular flexibility index (Phi) is 5.28. The molecule has 144 valence electrons. The van der Waals surface area contributed by atoms with Crippen molar-refractivity contribution in [3.8, 4) is 0 Å². The highest BCUT2D eigenvalue weighted by molar-refractivity contribution is 7.92. The minimum atomic E-state index is -5.41. The van der Waals surface area contributed by atoms with Gasteiger partial charge in [-0.25, -0.2) is 8.42 Å². The molecule has 1 amide bonds. The molecule has 0 unspecified atom stereocenters. The fourth-order valence-corrected chi connectivity index (χ4v) is 4.00. The molecule has 4 nitrogen and oxygen atoms in total. The van der Waals surface area contributed by atoms with E-state index in [1.807, 2.05) is 18.2 Å². The Bertz CT molecular complexity index is 901. The number of amides is 1. The minimum absolute atomic E-state index is 0.175. The first-order valence-corrected chi connectivity index (χ1v) is 9.94. The van der Waals surface area contributed by atoms with Crippen LogP contribution in [0.4, 0.5) is 13.2 Å². The number of benzene rings is 2. The summed E-state index contributed by atoms with van der Waals surface area (Å²) in [4.78, 5) is 13.3. The Morgan fingerprint density at radius 1 is 0.926 bits per heavy atom. The summed E-state index contributed by atoms with van der Waals surface area (Å²) in [5.74, 6) is 0.0621. The molecular weight excluding hydrogens is 379 g/mol. The standard InChI is InChI=1S/C19H18F3NO3S/c20-19(21,22)27(25,26)17-8-6-16(7-9-17)18(24)23-12-10-15(11-13-23)14-4-2-1-3-5-14/h1-9,15H,10-13H2. The predicted molar refractivity (Wildman–Crippen MR) is 94.0 cm³/mol. The summed E-state index contributed by atoms with van der Waals surface area (Å²) in [6, 6.07) is 13.9. The normalized spacial score (nSPS) is 16.3. The summed E-state index contributed by atoms with van der Waals surface area (Å²) < 4.78 is 60.5. The van der Waals surface area contributed by atoms with Crippen LogP contribution in [0.25, 0.3) is 0 Å². The molecule has 1 aliphatic rings. The second kappa shape index (κ2) is 7.34. The summed E-state index contributed by atoms with van der Waals surface area (Å²) in [7, 11) is -5.41. The number of carbonyl (C=O) groups is 1. The molecule has 27 heavy (non-hydrogen) atoms. The highest BCUT2D eigenvalue weighted by Crippen LogP contribution is 2.31. The van der Waals surface area contributed by atoms with Crippen LogP contribution >= 0.6 is 0 Å². The topological polar surface area (TPSA) is 54.5 Å². The van der Waals surface area contributed by atoms with Gasteiger partial charge >= 0.3 is 5.51 Å². The van der Waals surface area contributed by atoms with E-state index in [2.05, 4.69) is 12.1 Å². The Morgan fingerprint density at radius 2 is 1.48 bits per heavy atom. The molecule has 1 heterocycles. The third kappa shape index (κ3) is 4.00. The largest absolute Gasteiger partial charge is 0.501 e. The van der Waals surface area contributed by atoms with E-state index in [1.54, 1.807) is 4.90 Å². The van der Waals surface area contributed by atoms with Gasteiger partial charge in [0, 0.05) is 18.7 Å². The number of piperidine rings is 1. The van der Waals surface area contributed by atoms with E-state index in [0.717, 1.165) is 37.1 Å². The number of hydrogen-bond acceptors (Lipinski definition) is 3. The Balaban J connectivity index is 1.67. The van der Waals surface area contributed by atoms with E-state index in [9.17, 15) is 26.4 Å². The average molecular weight is 397 g/mol. The zero-order valence-electron chi connectivity index (χ0n) is 14.3. The minimum Gasteiger partial charge on any atom is -0.339 e. The van der Waals surface area contributed by atoms with Gasteiger partial charge in [-0.05, 0) is 48.6 Å². The SMILES string of the molecule is O=C(c1ccc(S(=O)(=O)C(F)(F)F)cc1)N1CCC(c2ccccc2)CC1. The van der Waals surface area contributed by atoms with Gasteiger partial charge in [-0.3, -0.25) is 4.79 Å². The van der Waals surface area contributed by atoms with Crippen molar-refractivity contribution < 1.29 is 26.4 Å². The van der Waals surface area contributed by atoms with E-state index < -0.39 is 20.2 Å². The monoisotopic (exact) mass is 397 g/mol. The van der Waals surface area contributed by atoms with Crippen molar-refractivity contribution in [2.24, 2.45) is 0 Å². The fraction of sp³-hybridized carbons (Fsp3) is 0.316. The zero-order chi connectivity index (χ0) is 19.7. The highest BCUT2D eigenvalue weighted by atomic mass is 32.2. The van der Waals surface area contributed by atoms with Crippen LogP contribution < -0.4 is 0 Å². The number of nitrogens with zero attached hydrogens (tertiary/aromatic N) is 1. The first kappa shape index (κ1) is 19.4. The molecule has 0 aromatic heterocycles. The molecule has 0 spiro atoms. The van der Waals surface area contributed by atoms with Gasteiger partial charge in [0.25, 0.3) is 15.7 Å². The van der Waals surface area contributed by atoms with Gasteiger partial charge in [0.1, 0.15) is 0 Å². The number of rotatable bonds is 3. The molecule has 1 fully saturated rings. The van der Waals surface area contributed by atoms with Crippen LogP contribution in [0.1, 0.15) is 34.7 Å². The number of hydrogen-bond donors (Lipinski definition) is 0. The molecule has 0 radical (unpaired) electrons. The maximum atomic E-state index is 12.6. The van der Waals surface area contributed by atoms with Crippen molar-refractivity contribution in [2.45, 2.75) is 29.2 Å². The van der Waals surface area contributed by atoms with E-state index in [4.69, 9.17) is 0 Å². The van der Waals surface area contributed by atoms with Crippen molar-refractivity contribution >= 4 is 15.7 Å². The summed E-state index contributed by atoms with van der Waals surface area (Å²) in [5.41, 5.74) is -3.96. The number of sulfone groups is 1. The fourth-order valence-electron chi connectivity index (χ4n) is 3.23. The van der Waals surface area contributed by atoms with Crippen LogP contribution in [0.3, 0.4) is 0 Å². The van der Waals surface area contributed by atoms with E-state index in [1.165, 1.54) is 5.56 Å². The Morgan fingerprint density at radius 3 is 2.00 bits per heavy atom. The lowest BCUT2D eigenvalue weighted by molar-refractivity contribution is -0.0436. The second-order valence-corrected chi connectivity index (χ2v) is 8.39. The van der Waals surface area contributed by atoms with Crippen LogP contribution in [0, 0.1) is 0 Å². The molecule has 8 heteroatoms.